The maximum absolute atomic E-state index is 13.4. The third-order valence-corrected chi connectivity index (χ3v) is 8.34. The van der Waals surface area contributed by atoms with E-state index >= 15 is 0 Å². The van der Waals surface area contributed by atoms with Crippen LogP contribution < -0.4 is 11.1 Å². The average molecular weight is 544 g/mol. The van der Waals surface area contributed by atoms with Crippen molar-refractivity contribution in [3.8, 4) is 0 Å². The van der Waals surface area contributed by atoms with Crippen molar-refractivity contribution >= 4 is 21.6 Å². The molecule has 2 rings (SSSR count). The van der Waals surface area contributed by atoms with Crippen molar-refractivity contribution in [3.05, 3.63) is 72.4 Å². The average Bonchev–Trinajstić information content (AvgIpc) is 2.88. The summed E-state index contributed by atoms with van der Waals surface area (Å²) in [6.45, 7) is 6.40. The van der Waals surface area contributed by atoms with Crippen LogP contribution >= 0.6 is 0 Å². The van der Waals surface area contributed by atoms with Crippen molar-refractivity contribution in [2.45, 2.75) is 70.2 Å². The predicted molar refractivity (Wildman–Crippen MR) is 156 cm³/mol. The van der Waals surface area contributed by atoms with Gasteiger partial charge in [0.15, 0.2) is 0 Å². The van der Waals surface area contributed by atoms with E-state index in [1.54, 1.807) is 12.1 Å². The molecule has 210 valence electrons. The lowest BCUT2D eigenvalue weighted by atomic mass is 9.98. The number of carbonyl (C=O) groups is 1. The van der Waals surface area contributed by atoms with E-state index < -0.39 is 16.1 Å². The Hall–Kier alpha value is -2.68. The molecule has 2 atom stereocenters. The number of unbranched alkanes of at least 4 members (excludes halogenated alkanes) is 1. The Kier molecular flexibility index (Phi) is 13.5. The Balaban J connectivity index is 1.88. The molecule has 0 aromatic heterocycles. The number of nitrogens with zero attached hydrogens (tertiary/aromatic N) is 1. The van der Waals surface area contributed by atoms with Gasteiger partial charge in [0, 0.05) is 30.7 Å². The molecule has 0 heterocycles. The second-order valence-electron chi connectivity index (χ2n) is 10.3. The first kappa shape index (κ1) is 31.5. The van der Waals surface area contributed by atoms with Crippen LogP contribution in [0.4, 0.5) is 5.69 Å². The highest BCUT2D eigenvalue weighted by atomic mass is 32.2. The van der Waals surface area contributed by atoms with Crippen LogP contribution in [0.25, 0.3) is 0 Å². The van der Waals surface area contributed by atoms with Crippen molar-refractivity contribution in [2.24, 2.45) is 11.8 Å². The van der Waals surface area contributed by atoms with E-state index in [0.717, 1.165) is 18.4 Å². The normalized spacial score (nSPS) is 15.9. The van der Waals surface area contributed by atoms with Gasteiger partial charge in [-0.05, 0) is 62.3 Å². The summed E-state index contributed by atoms with van der Waals surface area (Å²) in [7, 11) is -3.79. The zero-order valence-corrected chi connectivity index (χ0v) is 23.9. The van der Waals surface area contributed by atoms with Crippen LogP contribution in [0.2, 0.25) is 0 Å². The van der Waals surface area contributed by atoms with E-state index in [1.807, 2.05) is 32.9 Å². The maximum atomic E-state index is 13.4. The van der Waals surface area contributed by atoms with Gasteiger partial charge in [-0.25, -0.2) is 8.42 Å². The van der Waals surface area contributed by atoms with Gasteiger partial charge in [0.25, 0.3) is 0 Å². The standard InChI is InChI=1S/C30H45N3O4S/c1-24(2)22-33(38(36,37)29-18-16-27(31)17-19-29)28(23-34)15-11-12-20-32-30(35)25(3)21-26-13-9-7-5-4-6-8-10-14-26/h4-7,10,13-14,16-19,24-25,28,34H,8-9,11-12,15,20-23,31H2,1-3H3,(H,32,35)/t25-,28-/m0/s1. The summed E-state index contributed by atoms with van der Waals surface area (Å²) in [4.78, 5) is 12.8. The van der Waals surface area contributed by atoms with Crippen molar-refractivity contribution in [3.63, 3.8) is 0 Å². The highest BCUT2D eigenvalue weighted by molar-refractivity contribution is 7.89. The second-order valence-corrected chi connectivity index (χ2v) is 12.2. The summed E-state index contributed by atoms with van der Waals surface area (Å²) in [5.41, 5.74) is 7.38. The molecule has 0 spiro atoms. The van der Waals surface area contributed by atoms with E-state index in [4.69, 9.17) is 5.73 Å². The van der Waals surface area contributed by atoms with Gasteiger partial charge in [-0.15, -0.1) is 0 Å². The lowest BCUT2D eigenvalue weighted by Gasteiger charge is -2.31. The highest BCUT2D eigenvalue weighted by Crippen LogP contribution is 2.23. The molecule has 0 fully saturated rings. The maximum Gasteiger partial charge on any atom is 0.243 e. The molecule has 1 aromatic rings. The number of benzene rings is 1. The number of amides is 1. The number of sulfonamides is 1. The Morgan fingerprint density at radius 3 is 2.39 bits per heavy atom. The monoisotopic (exact) mass is 543 g/mol. The van der Waals surface area contributed by atoms with E-state index in [2.05, 4.69) is 35.7 Å². The molecule has 0 bridgehead atoms. The molecule has 7 nitrogen and oxygen atoms in total. The van der Waals surface area contributed by atoms with Crippen LogP contribution in [0, 0.1) is 11.8 Å². The van der Waals surface area contributed by atoms with Crippen molar-refractivity contribution in [1.29, 1.82) is 0 Å². The van der Waals surface area contributed by atoms with Gasteiger partial charge in [-0.1, -0.05) is 75.3 Å². The molecule has 0 aliphatic heterocycles. The molecule has 0 saturated carbocycles. The molecule has 1 aromatic carbocycles. The molecule has 4 N–H and O–H groups in total. The zero-order valence-electron chi connectivity index (χ0n) is 23.1. The van der Waals surface area contributed by atoms with Gasteiger partial charge < -0.3 is 16.2 Å². The molecule has 0 unspecified atom stereocenters. The summed E-state index contributed by atoms with van der Waals surface area (Å²) < 4.78 is 28.2. The SMILES string of the molecule is CC(C)CN([C@H](CO)CCCCNC(=O)[C@@H](C)CC1=CCC=CC=CCC=C1)S(=O)(=O)c1ccc(N)cc1. The number of allylic oxidation sites excluding steroid dienone is 8. The van der Waals surface area contributed by atoms with E-state index in [1.165, 1.54) is 16.4 Å². The summed E-state index contributed by atoms with van der Waals surface area (Å²) >= 11 is 0. The minimum atomic E-state index is -3.79. The minimum absolute atomic E-state index is 0.0119. The van der Waals surface area contributed by atoms with Crippen LogP contribution in [-0.4, -0.2) is 49.5 Å². The third-order valence-electron chi connectivity index (χ3n) is 6.41. The zero-order chi connectivity index (χ0) is 28.0. The molecular formula is C30H45N3O4S. The van der Waals surface area contributed by atoms with Crippen LogP contribution in [0.15, 0.2) is 77.3 Å². The topological polar surface area (TPSA) is 113 Å². The first-order chi connectivity index (χ1) is 18.1. The number of rotatable bonds is 14. The molecular weight excluding hydrogens is 498 g/mol. The first-order valence-corrected chi connectivity index (χ1v) is 15.0. The van der Waals surface area contributed by atoms with E-state index in [0.29, 0.717) is 44.5 Å². The van der Waals surface area contributed by atoms with Crippen molar-refractivity contribution < 1.29 is 18.3 Å². The number of aliphatic hydroxyl groups is 1. The lowest BCUT2D eigenvalue weighted by Crippen LogP contribution is -2.44. The van der Waals surface area contributed by atoms with Gasteiger partial charge in [0.2, 0.25) is 15.9 Å². The number of carbonyl (C=O) groups excluding carboxylic acids is 1. The highest BCUT2D eigenvalue weighted by Gasteiger charge is 2.31. The number of nitrogens with one attached hydrogen (secondary N) is 1. The first-order valence-electron chi connectivity index (χ1n) is 13.6. The summed E-state index contributed by atoms with van der Waals surface area (Å²) in [5, 5.41) is 13.1. The van der Waals surface area contributed by atoms with Gasteiger partial charge in [-0.3, -0.25) is 4.79 Å². The number of aliphatic hydroxyl groups excluding tert-OH is 1. The number of nitrogens with two attached hydrogens (primary N) is 1. The van der Waals surface area contributed by atoms with Crippen LogP contribution in [0.3, 0.4) is 0 Å². The second kappa shape index (κ2) is 16.3. The molecule has 38 heavy (non-hydrogen) atoms. The van der Waals surface area contributed by atoms with Gasteiger partial charge in [0.1, 0.15) is 0 Å². The molecule has 1 amide bonds. The minimum Gasteiger partial charge on any atom is -0.399 e. The molecule has 1 aliphatic carbocycles. The molecule has 1 aliphatic rings. The Bertz CT molecular complexity index is 1090. The van der Waals surface area contributed by atoms with Gasteiger partial charge in [-0.2, -0.15) is 4.31 Å². The molecule has 0 saturated heterocycles. The number of hydrogen-bond donors (Lipinski definition) is 3. The molecule has 8 heteroatoms. The van der Waals surface area contributed by atoms with Gasteiger partial charge in [0.05, 0.1) is 11.5 Å². The summed E-state index contributed by atoms with van der Waals surface area (Å²) in [6, 6.07) is 5.60. The number of nitrogen functional groups attached to an aromatic ring is 1. The lowest BCUT2D eigenvalue weighted by molar-refractivity contribution is -0.124. The fraction of sp³-hybridized carbons (Fsp3) is 0.500. The predicted octanol–water partition coefficient (Wildman–Crippen LogP) is 4.98. The fourth-order valence-corrected chi connectivity index (χ4v) is 6.10. The number of anilines is 1. The van der Waals surface area contributed by atoms with Crippen LogP contribution in [-0.2, 0) is 14.8 Å². The fourth-order valence-electron chi connectivity index (χ4n) is 4.29. The van der Waals surface area contributed by atoms with Gasteiger partial charge >= 0.3 is 0 Å². The van der Waals surface area contributed by atoms with Crippen molar-refractivity contribution in [2.75, 3.05) is 25.4 Å². The van der Waals surface area contributed by atoms with Crippen LogP contribution in [0.1, 0.15) is 59.3 Å². The Morgan fingerprint density at radius 2 is 1.74 bits per heavy atom. The summed E-state index contributed by atoms with van der Waals surface area (Å²) in [6.07, 6.45) is 18.9. The molecule has 0 radical (unpaired) electrons. The van der Waals surface area contributed by atoms with Crippen LogP contribution in [0.5, 0.6) is 0 Å². The smallest absolute Gasteiger partial charge is 0.243 e. The summed E-state index contributed by atoms with van der Waals surface area (Å²) in [5.74, 6) is -0.0412. The Morgan fingerprint density at radius 1 is 1.05 bits per heavy atom. The van der Waals surface area contributed by atoms with E-state index in [9.17, 15) is 18.3 Å². The largest absolute Gasteiger partial charge is 0.399 e. The number of hydrogen-bond acceptors (Lipinski definition) is 5. The third kappa shape index (κ3) is 10.6. The van der Waals surface area contributed by atoms with Crippen molar-refractivity contribution in [1.82, 2.24) is 9.62 Å². The Labute approximate surface area is 229 Å². The van der Waals surface area contributed by atoms with E-state index in [-0.39, 0.29) is 29.2 Å². The quantitative estimate of drug-likeness (QED) is 0.226.